The van der Waals surface area contributed by atoms with Crippen molar-refractivity contribution in [3.05, 3.63) is 0 Å². The molecule has 0 aliphatic rings. The van der Waals surface area contributed by atoms with Gasteiger partial charge < -0.3 is 10.2 Å². The summed E-state index contributed by atoms with van der Waals surface area (Å²) >= 11 is 0. The van der Waals surface area contributed by atoms with Gasteiger partial charge in [-0.25, -0.2) is 5.90 Å². The molecular formula is C4H10N2O2. The number of carbonyl (C=O) groups excluding carboxylic acids is 1. The first kappa shape index (κ1) is 7.39. The van der Waals surface area contributed by atoms with E-state index in [0.29, 0.717) is 6.42 Å². The van der Waals surface area contributed by atoms with Gasteiger partial charge in [-0.3, -0.25) is 4.79 Å². The van der Waals surface area contributed by atoms with E-state index in [0.717, 1.165) is 0 Å². The number of hydrogen-bond acceptors (Lipinski definition) is 3. The van der Waals surface area contributed by atoms with Crippen LogP contribution in [0.1, 0.15) is 6.42 Å². The molecule has 3 N–H and O–H groups in total. The molecule has 0 aromatic carbocycles. The average Bonchev–Trinajstić information content (AvgIpc) is 1.83. The average molecular weight is 118 g/mol. The Kier molecular flexibility index (Phi) is 4.20. The molecule has 0 spiro atoms. The lowest BCUT2D eigenvalue weighted by Gasteiger charge is -1.94. The molecule has 0 fully saturated rings. The Morgan fingerprint density at radius 2 is 2.50 bits per heavy atom. The first-order chi connectivity index (χ1) is 3.81. The predicted molar refractivity (Wildman–Crippen MR) is 28.8 cm³/mol. The van der Waals surface area contributed by atoms with Crippen LogP contribution in [0.25, 0.3) is 0 Å². The van der Waals surface area contributed by atoms with Crippen molar-refractivity contribution in [3.63, 3.8) is 0 Å². The Hall–Kier alpha value is -0.610. The second-order valence-electron chi connectivity index (χ2n) is 1.29. The highest BCUT2D eigenvalue weighted by atomic mass is 16.6. The Morgan fingerprint density at radius 3 is 2.88 bits per heavy atom. The summed E-state index contributed by atoms with van der Waals surface area (Å²) in [6.45, 7) is 0.277. The highest BCUT2D eigenvalue weighted by Gasteiger charge is 1.93. The molecule has 0 atom stereocenters. The minimum absolute atomic E-state index is 0.0598. The molecule has 1 amide bonds. The van der Waals surface area contributed by atoms with Crippen molar-refractivity contribution in [2.45, 2.75) is 6.42 Å². The van der Waals surface area contributed by atoms with Crippen molar-refractivity contribution in [1.82, 2.24) is 5.32 Å². The third-order valence-electron chi connectivity index (χ3n) is 0.726. The first-order valence-electron chi connectivity index (χ1n) is 2.33. The molecule has 0 aliphatic carbocycles. The van der Waals surface area contributed by atoms with Gasteiger partial charge in [-0.05, 0) is 0 Å². The third kappa shape index (κ3) is 3.58. The lowest BCUT2D eigenvalue weighted by Crippen LogP contribution is -2.20. The summed E-state index contributed by atoms with van der Waals surface area (Å²) in [7, 11) is 1.57. The van der Waals surface area contributed by atoms with Crippen LogP contribution in [0, 0.1) is 0 Å². The molecule has 4 nitrogen and oxygen atoms in total. The summed E-state index contributed by atoms with van der Waals surface area (Å²) < 4.78 is 0. The van der Waals surface area contributed by atoms with E-state index in [2.05, 4.69) is 16.1 Å². The summed E-state index contributed by atoms with van der Waals surface area (Å²) in [6.07, 6.45) is 0.326. The highest BCUT2D eigenvalue weighted by molar-refractivity contribution is 5.75. The van der Waals surface area contributed by atoms with E-state index in [9.17, 15) is 4.79 Å². The quantitative estimate of drug-likeness (QED) is 0.468. The van der Waals surface area contributed by atoms with Crippen LogP contribution >= 0.6 is 0 Å². The SMILES string of the molecule is CNC(=O)CCON. The zero-order valence-corrected chi connectivity index (χ0v) is 4.81. The second kappa shape index (κ2) is 4.55. The van der Waals surface area contributed by atoms with E-state index < -0.39 is 0 Å². The summed E-state index contributed by atoms with van der Waals surface area (Å²) in [5.74, 6) is 4.59. The maximum absolute atomic E-state index is 10.3. The molecule has 0 heterocycles. The van der Waals surface area contributed by atoms with Gasteiger partial charge >= 0.3 is 0 Å². The Morgan fingerprint density at radius 1 is 1.88 bits per heavy atom. The maximum Gasteiger partial charge on any atom is 0.222 e. The van der Waals surface area contributed by atoms with Gasteiger partial charge in [-0.2, -0.15) is 0 Å². The monoisotopic (exact) mass is 118 g/mol. The van der Waals surface area contributed by atoms with Crippen LogP contribution < -0.4 is 11.2 Å². The van der Waals surface area contributed by atoms with Crippen LogP contribution in [-0.2, 0) is 9.63 Å². The number of nitrogens with two attached hydrogens (primary N) is 1. The van der Waals surface area contributed by atoms with Crippen molar-refractivity contribution in [2.24, 2.45) is 5.90 Å². The van der Waals surface area contributed by atoms with Gasteiger partial charge in [0.05, 0.1) is 13.0 Å². The summed E-state index contributed by atoms with van der Waals surface area (Å²) in [6, 6.07) is 0. The normalized spacial score (nSPS) is 8.75. The standard InChI is InChI=1S/C4H10N2O2/c1-6-4(7)2-3-8-5/h2-3,5H2,1H3,(H,6,7). The Bertz CT molecular complexity index is 74.4. The van der Waals surface area contributed by atoms with E-state index in [-0.39, 0.29) is 12.5 Å². The molecule has 0 radical (unpaired) electrons. The van der Waals surface area contributed by atoms with E-state index in [1.54, 1.807) is 7.05 Å². The molecule has 0 saturated heterocycles. The van der Waals surface area contributed by atoms with Gasteiger partial charge in [0.15, 0.2) is 0 Å². The fraction of sp³-hybridized carbons (Fsp3) is 0.750. The molecule has 0 saturated carbocycles. The van der Waals surface area contributed by atoms with E-state index >= 15 is 0 Å². The number of hydrogen-bond donors (Lipinski definition) is 2. The van der Waals surface area contributed by atoms with Crippen LogP contribution in [0.3, 0.4) is 0 Å². The molecule has 0 bridgehead atoms. The van der Waals surface area contributed by atoms with E-state index in [4.69, 9.17) is 0 Å². The van der Waals surface area contributed by atoms with Crippen molar-refractivity contribution >= 4 is 5.91 Å². The van der Waals surface area contributed by atoms with E-state index in [1.165, 1.54) is 0 Å². The number of amides is 1. The summed E-state index contributed by atoms with van der Waals surface area (Å²) in [5.41, 5.74) is 0. The summed E-state index contributed by atoms with van der Waals surface area (Å²) in [5, 5.41) is 2.43. The van der Waals surface area contributed by atoms with Crippen LogP contribution in [0.5, 0.6) is 0 Å². The van der Waals surface area contributed by atoms with Crippen molar-refractivity contribution in [1.29, 1.82) is 0 Å². The lowest BCUT2D eigenvalue weighted by atomic mass is 10.4. The molecule has 0 rings (SSSR count). The van der Waals surface area contributed by atoms with E-state index in [1.807, 2.05) is 0 Å². The Balaban J connectivity index is 2.99. The van der Waals surface area contributed by atoms with Gasteiger partial charge in [-0.1, -0.05) is 0 Å². The van der Waals surface area contributed by atoms with Gasteiger partial charge in [0.25, 0.3) is 0 Å². The van der Waals surface area contributed by atoms with Crippen molar-refractivity contribution in [2.75, 3.05) is 13.7 Å². The molecule has 0 unspecified atom stereocenters. The molecule has 0 aromatic rings. The highest BCUT2D eigenvalue weighted by Crippen LogP contribution is 1.75. The maximum atomic E-state index is 10.3. The minimum atomic E-state index is -0.0598. The van der Waals surface area contributed by atoms with Gasteiger partial charge in [0.2, 0.25) is 5.91 Å². The largest absolute Gasteiger partial charge is 0.359 e. The smallest absolute Gasteiger partial charge is 0.222 e. The fourth-order valence-electron chi connectivity index (χ4n) is 0.277. The van der Waals surface area contributed by atoms with Crippen LogP contribution in [0.15, 0.2) is 0 Å². The topological polar surface area (TPSA) is 64.3 Å². The fourth-order valence-corrected chi connectivity index (χ4v) is 0.277. The van der Waals surface area contributed by atoms with Crippen molar-refractivity contribution in [3.8, 4) is 0 Å². The van der Waals surface area contributed by atoms with Crippen molar-refractivity contribution < 1.29 is 9.63 Å². The van der Waals surface area contributed by atoms with Gasteiger partial charge in [0, 0.05) is 7.05 Å². The van der Waals surface area contributed by atoms with Crippen LogP contribution in [0.4, 0.5) is 0 Å². The number of carbonyl (C=O) groups is 1. The minimum Gasteiger partial charge on any atom is -0.359 e. The summed E-state index contributed by atoms with van der Waals surface area (Å²) in [4.78, 5) is 14.5. The number of nitrogens with one attached hydrogen (secondary N) is 1. The molecule has 0 aromatic heterocycles. The van der Waals surface area contributed by atoms with Crippen LogP contribution in [0.2, 0.25) is 0 Å². The first-order valence-corrected chi connectivity index (χ1v) is 2.33. The third-order valence-corrected chi connectivity index (χ3v) is 0.726. The Labute approximate surface area is 48.0 Å². The molecular weight excluding hydrogens is 108 g/mol. The molecule has 8 heavy (non-hydrogen) atoms. The zero-order chi connectivity index (χ0) is 6.41. The number of rotatable bonds is 3. The van der Waals surface area contributed by atoms with Gasteiger partial charge in [0.1, 0.15) is 0 Å². The molecule has 4 heteroatoms. The van der Waals surface area contributed by atoms with Gasteiger partial charge in [-0.15, -0.1) is 0 Å². The zero-order valence-electron chi connectivity index (χ0n) is 4.81. The van der Waals surface area contributed by atoms with Crippen LogP contribution in [-0.4, -0.2) is 19.6 Å². The lowest BCUT2D eigenvalue weighted by molar-refractivity contribution is -0.121. The molecule has 0 aliphatic heterocycles. The predicted octanol–water partition coefficient (Wildman–Crippen LogP) is -0.987. The second-order valence-corrected chi connectivity index (χ2v) is 1.29. The molecule has 48 valence electrons.